The largest absolute Gasteiger partial charge is 0.328 e. The molecule has 0 saturated heterocycles. The first-order chi connectivity index (χ1) is 6.75. The molecule has 1 aromatic carbocycles. The van der Waals surface area contributed by atoms with Crippen LogP contribution in [0.3, 0.4) is 0 Å². The monoisotopic (exact) mass is 186 g/mol. The number of hydrogen-bond donors (Lipinski definition) is 1. The maximum atomic E-state index is 5.74. The Labute approximate surface area is 83.8 Å². The zero-order valence-corrected chi connectivity index (χ0v) is 8.27. The predicted molar refractivity (Wildman–Crippen MR) is 59.1 cm³/mol. The van der Waals surface area contributed by atoms with Gasteiger partial charge in [0, 0.05) is 17.6 Å². The minimum atomic E-state index is 0.193. The van der Waals surface area contributed by atoms with Crippen molar-refractivity contribution in [1.29, 1.82) is 0 Å². The van der Waals surface area contributed by atoms with Crippen LogP contribution >= 0.6 is 0 Å². The van der Waals surface area contributed by atoms with E-state index in [0.29, 0.717) is 0 Å². The zero-order valence-electron chi connectivity index (χ0n) is 8.27. The maximum Gasteiger partial charge on any atom is 0.0702 e. The quantitative estimate of drug-likeness (QED) is 0.780. The number of para-hydroxylation sites is 1. The summed E-state index contributed by atoms with van der Waals surface area (Å²) in [4.78, 5) is 4.38. The summed E-state index contributed by atoms with van der Waals surface area (Å²) in [5.74, 6) is 0. The molecule has 0 unspecified atom stereocenters. The minimum Gasteiger partial charge on any atom is -0.328 e. The van der Waals surface area contributed by atoms with Crippen molar-refractivity contribution in [3.63, 3.8) is 0 Å². The Morgan fingerprint density at radius 1 is 1.36 bits per heavy atom. The molecule has 0 amide bonds. The lowest BCUT2D eigenvalue weighted by atomic mass is 10.1. The van der Waals surface area contributed by atoms with Gasteiger partial charge in [0.1, 0.15) is 0 Å². The zero-order chi connectivity index (χ0) is 9.97. The fourth-order valence-corrected chi connectivity index (χ4v) is 1.60. The second kappa shape index (κ2) is 3.76. The third-order valence-electron chi connectivity index (χ3n) is 2.20. The molecule has 2 N–H and O–H groups in total. The lowest BCUT2D eigenvalue weighted by Gasteiger charge is -2.05. The molecule has 1 heterocycles. The van der Waals surface area contributed by atoms with E-state index >= 15 is 0 Å². The number of benzene rings is 1. The van der Waals surface area contributed by atoms with Gasteiger partial charge in [-0.3, -0.25) is 4.98 Å². The molecule has 0 spiro atoms. The van der Waals surface area contributed by atoms with Gasteiger partial charge in [0.15, 0.2) is 0 Å². The number of hydrogen-bond acceptors (Lipinski definition) is 2. The van der Waals surface area contributed by atoms with Gasteiger partial charge in [-0.05, 0) is 31.0 Å². The first-order valence-corrected chi connectivity index (χ1v) is 4.85. The van der Waals surface area contributed by atoms with Crippen LogP contribution in [0.2, 0.25) is 0 Å². The van der Waals surface area contributed by atoms with Gasteiger partial charge in [-0.2, -0.15) is 0 Å². The molecule has 1 aromatic heterocycles. The second-order valence-corrected chi connectivity index (χ2v) is 3.72. The number of fused-ring (bicyclic) bond motifs is 1. The molecule has 2 heteroatoms. The van der Waals surface area contributed by atoms with Crippen LogP contribution in [0.15, 0.2) is 36.5 Å². The van der Waals surface area contributed by atoms with Gasteiger partial charge in [0.25, 0.3) is 0 Å². The van der Waals surface area contributed by atoms with E-state index in [4.69, 9.17) is 5.73 Å². The van der Waals surface area contributed by atoms with Gasteiger partial charge < -0.3 is 5.73 Å². The van der Waals surface area contributed by atoms with Crippen LogP contribution < -0.4 is 5.73 Å². The molecule has 0 radical (unpaired) electrons. The van der Waals surface area contributed by atoms with Crippen LogP contribution in [0.5, 0.6) is 0 Å². The van der Waals surface area contributed by atoms with Crippen LogP contribution in [-0.2, 0) is 6.42 Å². The molecule has 0 saturated carbocycles. The fraction of sp³-hybridized carbons (Fsp3) is 0.250. The number of nitrogens with zero attached hydrogens (tertiary/aromatic N) is 1. The van der Waals surface area contributed by atoms with Crippen LogP contribution in [0, 0.1) is 0 Å². The Bertz CT molecular complexity index is 435. The SMILES string of the molecule is C[C@@H](N)Cc1cnc2ccccc2c1. The summed E-state index contributed by atoms with van der Waals surface area (Å²) in [7, 11) is 0. The molecule has 72 valence electrons. The van der Waals surface area contributed by atoms with E-state index in [1.165, 1.54) is 10.9 Å². The van der Waals surface area contributed by atoms with Gasteiger partial charge >= 0.3 is 0 Å². The predicted octanol–water partition coefficient (Wildman–Crippen LogP) is 2.12. The summed E-state index contributed by atoms with van der Waals surface area (Å²) in [6.07, 6.45) is 2.80. The maximum absolute atomic E-state index is 5.74. The Balaban J connectivity index is 2.41. The van der Waals surface area contributed by atoms with Crippen molar-refractivity contribution in [2.24, 2.45) is 5.73 Å². The number of rotatable bonds is 2. The highest BCUT2D eigenvalue weighted by Crippen LogP contribution is 2.13. The van der Waals surface area contributed by atoms with Crippen LogP contribution in [0.1, 0.15) is 12.5 Å². The lowest BCUT2D eigenvalue weighted by molar-refractivity contribution is 0.737. The van der Waals surface area contributed by atoms with E-state index in [1.807, 2.05) is 31.3 Å². The average Bonchev–Trinajstić information content (AvgIpc) is 2.17. The summed E-state index contributed by atoms with van der Waals surface area (Å²) in [6.45, 7) is 2.01. The highest BCUT2D eigenvalue weighted by molar-refractivity contribution is 5.78. The lowest BCUT2D eigenvalue weighted by Crippen LogP contribution is -2.17. The van der Waals surface area contributed by atoms with E-state index in [1.54, 1.807) is 0 Å². The smallest absolute Gasteiger partial charge is 0.0702 e. The normalized spacial score (nSPS) is 13.0. The summed E-state index contributed by atoms with van der Waals surface area (Å²) in [5.41, 5.74) is 7.99. The van der Waals surface area contributed by atoms with Gasteiger partial charge in [-0.1, -0.05) is 18.2 Å². The molecule has 14 heavy (non-hydrogen) atoms. The van der Waals surface area contributed by atoms with Crippen molar-refractivity contribution in [3.05, 3.63) is 42.1 Å². The summed E-state index contributed by atoms with van der Waals surface area (Å²) >= 11 is 0. The van der Waals surface area contributed by atoms with Gasteiger partial charge in [0.2, 0.25) is 0 Å². The molecule has 2 rings (SSSR count). The molecule has 0 fully saturated rings. The van der Waals surface area contributed by atoms with Crippen molar-refractivity contribution >= 4 is 10.9 Å². The Morgan fingerprint density at radius 2 is 2.14 bits per heavy atom. The first-order valence-electron chi connectivity index (χ1n) is 4.85. The summed E-state index contributed by atoms with van der Waals surface area (Å²) in [5, 5.41) is 1.19. The third kappa shape index (κ3) is 1.91. The Hall–Kier alpha value is -1.41. The minimum absolute atomic E-state index is 0.193. The van der Waals surface area contributed by atoms with E-state index in [2.05, 4.69) is 17.1 Å². The first kappa shape index (κ1) is 9.16. The van der Waals surface area contributed by atoms with Crippen molar-refractivity contribution < 1.29 is 0 Å². The second-order valence-electron chi connectivity index (χ2n) is 3.72. The molecule has 0 aliphatic heterocycles. The molecule has 2 aromatic rings. The van der Waals surface area contributed by atoms with Gasteiger partial charge in [-0.25, -0.2) is 0 Å². The van der Waals surface area contributed by atoms with Gasteiger partial charge in [-0.15, -0.1) is 0 Å². The standard InChI is InChI=1S/C12H14N2/c1-9(13)6-10-7-11-4-2-3-5-12(11)14-8-10/h2-5,7-9H,6,13H2,1H3/t9-/m1/s1. The summed E-state index contributed by atoms with van der Waals surface area (Å²) in [6, 6.07) is 10.5. The number of pyridine rings is 1. The number of aromatic nitrogens is 1. The Kier molecular flexibility index (Phi) is 2.46. The van der Waals surface area contributed by atoms with Gasteiger partial charge in [0.05, 0.1) is 5.52 Å². The third-order valence-corrected chi connectivity index (χ3v) is 2.20. The average molecular weight is 186 g/mol. The summed E-state index contributed by atoms with van der Waals surface area (Å²) < 4.78 is 0. The van der Waals surface area contributed by atoms with Crippen molar-refractivity contribution in [1.82, 2.24) is 4.98 Å². The van der Waals surface area contributed by atoms with E-state index in [9.17, 15) is 0 Å². The molecule has 0 bridgehead atoms. The molecular formula is C12H14N2. The fourth-order valence-electron chi connectivity index (χ4n) is 1.60. The molecule has 1 atom stereocenters. The van der Waals surface area contributed by atoms with E-state index < -0.39 is 0 Å². The highest BCUT2D eigenvalue weighted by Gasteiger charge is 1.99. The van der Waals surface area contributed by atoms with Crippen LogP contribution in [-0.4, -0.2) is 11.0 Å². The van der Waals surface area contributed by atoms with Crippen molar-refractivity contribution in [2.45, 2.75) is 19.4 Å². The van der Waals surface area contributed by atoms with Crippen molar-refractivity contribution in [2.75, 3.05) is 0 Å². The molecule has 0 aliphatic carbocycles. The molecule has 2 nitrogen and oxygen atoms in total. The Morgan fingerprint density at radius 3 is 2.93 bits per heavy atom. The highest BCUT2D eigenvalue weighted by atomic mass is 14.7. The molecule has 0 aliphatic rings. The number of nitrogens with two attached hydrogens (primary N) is 1. The topological polar surface area (TPSA) is 38.9 Å². The van der Waals surface area contributed by atoms with Crippen LogP contribution in [0.25, 0.3) is 10.9 Å². The van der Waals surface area contributed by atoms with E-state index in [-0.39, 0.29) is 6.04 Å². The van der Waals surface area contributed by atoms with E-state index in [0.717, 1.165) is 11.9 Å². The molecular weight excluding hydrogens is 172 g/mol. The van der Waals surface area contributed by atoms with Crippen molar-refractivity contribution in [3.8, 4) is 0 Å². The van der Waals surface area contributed by atoms with Crippen LogP contribution in [0.4, 0.5) is 0 Å².